The van der Waals surface area contributed by atoms with Gasteiger partial charge in [-0.05, 0) is 83.7 Å². The molecule has 1 aliphatic heterocycles. The monoisotopic (exact) mass is 442 g/mol. The largest absolute Gasteiger partial charge is 0.383 e. The molecule has 2 N–H and O–H groups in total. The number of aryl methyl sites for hydroxylation is 2. The second kappa shape index (κ2) is 18.7. The van der Waals surface area contributed by atoms with Crippen LogP contribution in [0.1, 0.15) is 90.5 Å². The van der Waals surface area contributed by atoms with Crippen molar-refractivity contribution < 1.29 is 4.74 Å². The second-order valence-corrected chi connectivity index (χ2v) is 8.31. The Hall–Kier alpha value is -1.84. The number of rotatable bonds is 6. The molecule has 1 unspecified atom stereocenters. The number of anilines is 1. The Bertz CT molecular complexity index is 659. The molecule has 182 valence electrons. The topological polar surface area (TPSA) is 33.3 Å². The standard InChI is InChI=1S/C12H20N2.C9H12.C6H12O.C2H6/c1-9(2)14-12-7-5-11(6-8-12)10(3)13-4;1-3-9-6-4-8(2)5-7-9;1-2-6-4-3-5-7-6;1-2/h5-10,13-14H,1-4H3;4-7H,3H2,1-2H3;6H,2-5H2,1H3;1-2H3/t10-;;;/m0.../s1. The Kier molecular flexibility index (Phi) is 17.6. The summed E-state index contributed by atoms with van der Waals surface area (Å²) >= 11 is 0. The highest BCUT2D eigenvalue weighted by atomic mass is 16.5. The fraction of sp³-hybridized carbons (Fsp3) is 0.586. The number of hydrogen-bond acceptors (Lipinski definition) is 3. The molecule has 0 bridgehead atoms. The molecule has 3 heteroatoms. The second-order valence-electron chi connectivity index (χ2n) is 8.31. The molecule has 0 radical (unpaired) electrons. The molecule has 3 rings (SSSR count). The van der Waals surface area contributed by atoms with Gasteiger partial charge >= 0.3 is 0 Å². The number of ether oxygens (including phenoxy) is 1. The van der Waals surface area contributed by atoms with E-state index in [1.807, 2.05) is 20.9 Å². The molecule has 1 fully saturated rings. The minimum atomic E-state index is 0.420. The van der Waals surface area contributed by atoms with Gasteiger partial charge in [0.15, 0.2) is 0 Å². The van der Waals surface area contributed by atoms with Gasteiger partial charge in [-0.2, -0.15) is 0 Å². The molecule has 0 aliphatic carbocycles. The van der Waals surface area contributed by atoms with E-state index in [1.54, 1.807) is 0 Å². The Labute approximate surface area is 199 Å². The van der Waals surface area contributed by atoms with Gasteiger partial charge in [0.25, 0.3) is 0 Å². The summed E-state index contributed by atoms with van der Waals surface area (Å²) in [7, 11) is 1.98. The van der Waals surface area contributed by atoms with Crippen molar-refractivity contribution in [1.82, 2.24) is 5.32 Å². The molecule has 1 aliphatic rings. The highest BCUT2D eigenvalue weighted by Gasteiger charge is 2.11. The summed E-state index contributed by atoms with van der Waals surface area (Å²) in [6.45, 7) is 17.9. The van der Waals surface area contributed by atoms with Gasteiger partial charge in [-0.15, -0.1) is 0 Å². The van der Waals surface area contributed by atoms with Crippen LogP contribution in [0.3, 0.4) is 0 Å². The first-order chi connectivity index (χ1) is 15.4. The molecule has 0 spiro atoms. The number of nitrogens with one attached hydrogen (secondary N) is 2. The molecule has 2 aromatic rings. The summed E-state index contributed by atoms with van der Waals surface area (Å²) in [6, 6.07) is 18.1. The van der Waals surface area contributed by atoms with Crippen molar-refractivity contribution in [3.8, 4) is 0 Å². The third-order valence-electron chi connectivity index (χ3n) is 5.31. The van der Waals surface area contributed by atoms with Gasteiger partial charge in [0, 0.05) is 24.4 Å². The van der Waals surface area contributed by atoms with Crippen molar-refractivity contribution in [3.63, 3.8) is 0 Å². The van der Waals surface area contributed by atoms with Crippen molar-refractivity contribution in [2.24, 2.45) is 0 Å². The van der Waals surface area contributed by atoms with Crippen LogP contribution in [0.25, 0.3) is 0 Å². The summed E-state index contributed by atoms with van der Waals surface area (Å²) in [6.07, 6.45) is 5.50. The zero-order valence-electron chi connectivity index (χ0n) is 22.3. The van der Waals surface area contributed by atoms with E-state index in [0.29, 0.717) is 18.2 Å². The van der Waals surface area contributed by atoms with E-state index < -0.39 is 0 Å². The molecule has 0 aromatic heterocycles. The summed E-state index contributed by atoms with van der Waals surface area (Å²) in [5.74, 6) is 0. The first kappa shape index (κ1) is 30.2. The van der Waals surface area contributed by atoms with Crippen molar-refractivity contribution in [2.75, 3.05) is 19.0 Å². The van der Waals surface area contributed by atoms with E-state index in [9.17, 15) is 0 Å². The Balaban J connectivity index is 0.000000460. The van der Waals surface area contributed by atoms with Crippen molar-refractivity contribution in [2.45, 2.75) is 99.3 Å². The predicted octanol–water partition coefficient (Wildman–Crippen LogP) is 7.95. The molecule has 2 atom stereocenters. The lowest BCUT2D eigenvalue weighted by atomic mass is 10.1. The van der Waals surface area contributed by atoms with Crippen LogP contribution in [0.5, 0.6) is 0 Å². The molecule has 0 amide bonds. The minimum absolute atomic E-state index is 0.420. The maximum absolute atomic E-state index is 5.30. The van der Waals surface area contributed by atoms with E-state index in [-0.39, 0.29) is 0 Å². The van der Waals surface area contributed by atoms with Crippen molar-refractivity contribution in [3.05, 3.63) is 65.2 Å². The van der Waals surface area contributed by atoms with Crippen LogP contribution >= 0.6 is 0 Å². The lowest BCUT2D eigenvalue weighted by molar-refractivity contribution is 0.108. The van der Waals surface area contributed by atoms with E-state index in [0.717, 1.165) is 13.0 Å². The Morgan fingerprint density at radius 1 is 0.938 bits per heavy atom. The lowest BCUT2D eigenvalue weighted by Crippen LogP contribution is -2.13. The summed E-state index contributed by atoms with van der Waals surface area (Å²) in [5, 5.41) is 6.59. The van der Waals surface area contributed by atoms with Crippen molar-refractivity contribution >= 4 is 5.69 Å². The van der Waals surface area contributed by atoms with Gasteiger partial charge in [0.2, 0.25) is 0 Å². The Morgan fingerprint density at radius 3 is 1.91 bits per heavy atom. The highest BCUT2D eigenvalue weighted by Crippen LogP contribution is 2.16. The molecule has 3 nitrogen and oxygen atoms in total. The minimum Gasteiger partial charge on any atom is -0.383 e. The van der Waals surface area contributed by atoms with E-state index in [1.165, 1.54) is 41.6 Å². The van der Waals surface area contributed by atoms with Crippen LogP contribution in [0.2, 0.25) is 0 Å². The van der Waals surface area contributed by atoms with Crippen LogP contribution in [0.15, 0.2) is 48.5 Å². The van der Waals surface area contributed by atoms with Gasteiger partial charge in [0.1, 0.15) is 0 Å². The average molecular weight is 443 g/mol. The molecular weight excluding hydrogens is 392 g/mol. The highest BCUT2D eigenvalue weighted by molar-refractivity contribution is 5.45. The maximum atomic E-state index is 5.30. The third-order valence-corrected chi connectivity index (χ3v) is 5.31. The van der Waals surface area contributed by atoms with E-state index in [2.05, 4.69) is 101 Å². The van der Waals surface area contributed by atoms with Crippen LogP contribution in [0, 0.1) is 6.92 Å². The molecule has 0 saturated carbocycles. The Morgan fingerprint density at radius 2 is 1.53 bits per heavy atom. The normalized spacial score (nSPS) is 15.4. The summed E-state index contributed by atoms with van der Waals surface area (Å²) in [4.78, 5) is 0. The maximum Gasteiger partial charge on any atom is 0.0573 e. The zero-order valence-corrected chi connectivity index (χ0v) is 22.3. The quantitative estimate of drug-likeness (QED) is 0.476. The first-order valence-electron chi connectivity index (χ1n) is 12.6. The molecule has 1 heterocycles. The van der Waals surface area contributed by atoms with Crippen LogP contribution in [0.4, 0.5) is 5.69 Å². The lowest BCUT2D eigenvalue weighted by Gasteiger charge is -2.13. The van der Waals surface area contributed by atoms with Crippen molar-refractivity contribution in [1.29, 1.82) is 0 Å². The first-order valence-corrected chi connectivity index (χ1v) is 12.6. The van der Waals surface area contributed by atoms with Crippen LogP contribution in [-0.4, -0.2) is 25.8 Å². The van der Waals surface area contributed by atoms with Gasteiger partial charge < -0.3 is 15.4 Å². The van der Waals surface area contributed by atoms with E-state index >= 15 is 0 Å². The fourth-order valence-corrected chi connectivity index (χ4v) is 3.16. The fourth-order valence-electron chi connectivity index (χ4n) is 3.16. The van der Waals surface area contributed by atoms with Gasteiger partial charge in [-0.3, -0.25) is 0 Å². The summed E-state index contributed by atoms with van der Waals surface area (Å²) < 4.78 is 5.30. The van der Waals surface area contributed by atoms with Gasteiger partial charge in [0.05, 0.1) is 6.10 Å². The smallest absolute Gasteiger partial charge is 0.0573 e. The van der Waals surface area contributed by atoms with E-state index in [4.69, 9.17) is 4.74 Å². The molecule has 2 aromatic carbocycles. The van der Waals surface area contributed by atoms with Gasteiger partial charge in [-0.1, -0.05) is 69.7 Å². The van der Waals surface area contributed by atoms with Gasteiger partial charge in [-0.25, -0.2) is 0 Å². The average Bonchev–Trinajstić information content (AvgIpc) is 3.35. The van der Waals surface area contributed by atoms with Crippen LogP contribution in [-0.2, 0) is 11.2 Å². The molecule has 32 heavy (non-hydrogen) atoms. The molecular formula is C29H50N2O. The third kappa shape index (κ3) is 13.5. The summed E-state index contributed by atoms with van der Waals surface area (Å²) in [5.41, 5.74) is 5.27. The molecule has 1 saturated heterocycles. The SMILES string of the molecule is CC.CCC1CCCO1.CCc1ccc(C)cc1.CN[C@@H](C)c1ccc(NC(C)C)cc1. The predicted molar refractivity (Wildman–Crippen MR) is 144 cm³/mol. The zero-order chi connectivity index (χ0) is 24.4. The van der Waals surface area contributed by atoms with Crippen LogP contribution < -0.4 is 10.6 Å². The number of hydrogen-bond donors (Lipinski definition) is 2. The number of benzene rings is 2.